The first-order chi connectivity index (χ1) is 11.6. The Balaban J connectivity index is 2.20. The zero-order valence-corrected chi connectivity index (χ0v) is 15.3. The molecule has 2 rings (SSSR count). The van der Waals surface area contributed by atoms with Gasteiger partial charge in [-0.05, 0) is 27.7 Å². The summed E-state index contributed by atoms with van der Waals surface area (Å²) in [4.78, 5) is 20.2. The number of aliphatic hydroxyl groups is 2. The van der Waals surface area contributed by atoms with Gasteiger partial charge in [-0.1, -0.05) is 11.8 Å². The highest BCUT2D eigenvalue weighted by Crippen LogP contribution is 2.39. The number of rotatable bonds is 4. The molecule has 0 radical (unpaired) electrons. The third-order valence-electron chi connectivity index (χ3n) is 4.19. The maximum Gasteiger partial charge on any atom is 0.408 e. The minimum Gasteiger partial charge on any atom is -0.465 e. The van der Waals surface area contributed by atoms with Gasteiger partial charge in [-0.2, -0.15) is 0 Å². The number of nitrogens with zero attached hydrogens (tertiary/aromatic N) is 4. The second kappa shape index (κ2) is 7.38. The molecule has 1 fully saturated rings. The SMILES string of the molecule is CC(C1=N[C@H]2[C@@H](O)[C@H](O)C(CN=[N+]=N)O[C@@H]2S1)N(C(=O)O)C(C)(C)C. The van der Waals surface area contributed by atoms with Gasteiger partial charge in [0.15, 0.2) is 6.54 Å². The smallest absolute Gasteiger partial charge is 0.408 e. The van der Waals surface area contributed by atoms with Crippen molar-refractivity contribution in [3.8, 4) is 0 Å². The second-order valence-electron chi connectivity index (χ2n) is 7.02. The minimum atomic E-state index is -1.20. The Kier molecular flexibility index (Phi) is 5.85. The Labute approximate surface area is 149 Å². The normalized spacial score (nSPS) is 33.0. The van der Waals surface area contributed by atoms with Crippen LogP contribution in [0.3, 0.4) is 0 Å². The van der Waals surface area contributed by atoms with Crippen LogP contribution in [0.4, 0.5) is 4.79 Å². The molecule has 11 heteroatoms. The van der Waals surface area contributed by atoms with Gasteiger partial charge in [-0.3, -0.25) is 9.89 Å². The lowest BCUT2D eigenvalue weighted by atomic mass is 9.98. The molecule has 0 bridgehead atoms. The average molecular weight is 374 g/mol. The lowest BCUT2D eigenvalue weighted by molar-refractivity contribution is -0.148. The first-order valence-corrected chi connectivity index (χ1v) is 8.77. The molecule has 25 heavy (non-hydrogen) atoms. The van der Waals surface area contributed by atoms with Crippen LogP contribution in [0.25, 0.3) is 0 Å². The molecule has 1 amide bonds. The number of nitrogens with one attached hydrogen (secondary N) is 1. The van der Waals surface area contributed by atoms with Gasteiger partial charge in [0.05, 0.1) is 11.1 Å². The summed E-state index contributed by atoms with van der Waals surface area (Å²) < 4.78 is 5.74. The van der Waals surface area contributed by atoms with E-state index in [1.165, 1.54) is 16.7 Å². The van der Waals surface area contributed by atoms with Gasteiger partial charge in [0.2, 0.25) is 4.91 Å². The van der Waals surface area contributed by atoms with Crippen LogP contribution in [0.2, 0.25) is 0 Å². The molecule has 2 aliphatic rings. The highest BCUT2D eigenvalue weighted by atomic mass is 32.2. The van der Waals surface area contributed by atoms with E-state index in [-0.39, 0.29) is 6.54 Å². The highest BCUT2D eigenvalue weighted by molar-refractivity contribution is 8.14. The van der Waals surface area contributed by atoms with Crippen molar-refractivity contribution in [2.24, 2.45) is 10.1 Å². The highest BCUT2D eigenvalue weighted by Gasteiger charge is 2.50. The van der Waals surface area contributed by atoms with Crippen LogP contribution in [0.5, 0.6) is 0 Å². The minimum absolute atomic E-state index is 0.0420. The Morgan fingerprint density at radius 3 is 2.64 bits per heavy atom. The molecule has 0 aromatic carbocycles. The fourth-order valence-electron chi connectivity index (χ4n) is 3.07. The molecule has 2 heterocycles. The molecule has 2 unspecified atom stereocenters. The van der Waals surface area contributed by atoms with Gasteiger partial charge >= 0.3 is 6.09 Å². The Morgan fingerprint density at radius 2 is 2.12 bits per heavy atom. The lowest BCUT2D eigenvalue weighted by Gasteiger charge is -2.38. The zero-order valence-electron chi connectivity index (χ0n) is 14.5. The van der Waals surface area contributed by atoms with E-state index in [0.29, 0.717) is 5.04 Å². The lowest BCUT2D eigenvalue weighted by Crippen LogP contribution is -2.55. The number of amides is 1. The molecule has 0 saturated carbocycles. The molecule has 1 saturated heterocycles. The summed E-state index contributed by atoms with van der Waals surface area (Å²) in [7, 11) is 0. The first-order valence-electron chi connectivity index (χ1n) is 7.89. The van der Waals surface area contributed by atoms with Crippen LogP contribution < -0.4 is 4.91 Å². The van der Waals surface area contributed by atoms with Crippen LogP contribution >= 0.6 is 11.8 Å². The van der Waals surface area contributed by atoms with E-state index < -0.39 is 47.5 Å². The number of carboxylic acid groups (broad SMARTS) is 1. The first kappa shape index (κ1) is 19.8. The van der Waals surface area contributed by atoms with Gasteiger partial charge in [-0.25, -0.2) is 4.79 Å². The van der Waals surface area contributed by atoms with Crippen molar-refractivity contribution in [3.05, 3.63) is 0 Å². The summed E-state index contributed by atoms with van der Waals surface area (Å²) in [6.07, 6.45) is -4.21. The summed E-state index contributed by atoms with van der Waals surface area (Å²) >= 11 is 1.24. The van der Waals surface area contributed by atoms with E-state index in [1.807, 2.05) is 0 Å². The standard InChI is InChI=1S/C14H23N5O5S/c1-6(19(13(22)23)14(2,3)4)11-17-8-10(21)9(20)7(5-16-18-15)24-12(8)25-11/h6-10,12,15,20-21H,5H2,1-4H3/p+1/t6?,7?,8-,9+,10+,12+/m0/s1. The monoisotopic (exact) mass is 374 g/mol. The summed E-state index contributed by atoms with van der Waals surface area (Å²) in [6.45, 7) is 7.07. The second-order valence-corrected chi connectivity index (χ2v) is 8.14. The molecular weight excluding hydrogens is 350 g/mol. The molecule has 0 spiro atoms. The predicted molar refractivity (Wildman–Crippen MR) is 90.7 cm³/mol. The van der Waals surface area contributed by atoms with E-state index >= 15 is 0 Å². The van der Waals surface area contributed by atoms with Crippen LogP contribution in [0.15, 0.2) is 10.1 Å². The van der Waals surface area contributed by atoms with Crippen molar-refractivity contribution < 1.29 is 24.9 Å². The van der Waals surface area contributed by atoms with Crippen molar-refractivity contribution in [2.45, 2.75) is 69.1 Å². The van der Waals surface area contributed by atoms with Gasteiger partial charge in [0, 0.05) is 5.54 Å². The van der Waals surface area contributed by atoms with Gasteiger partial charge in [-0.15, -0.1) is 0 Å². The molecule has 0 aromatic heterocycles. The quantitative estimate of drug-likeness (QED) is 0.419. The third-order valence-corrected chi connectivity index (χ3v) is 5.50. The van der Waals surface area contributed by atoms with Gasteiger partial charge in [0.1, 0.15) is 40.4 Å². The Hall–Kier alpha value is -1.52. The van der Waals surface area contributed by atoms with E-state index in [4.69, 9.17) is 10.3 Å². The predicted octanol–water partition coefficient (Wildman–Crippen LogP) is 0.664. The number of hydrogen-bond acceptors (Lipinski definition) is 8. The van der Waals surface area contributed by atoms with Crippen molar-refractivity contribution in [2.75, 3.05) is 6.54 Å². The molecule has 0 aliphatic carbocycles. The van der Waals surface area contributed by atoms with Crippen LogP contribution in [-0.4, -0.2) is 79.3 Å². The van der Waals surface area contributed by atoms with E-state index in [0.717, 1.165) is 0 Å². The molecule has 6 atom stereocenters. The molecule has 140 valence electrons. The maximum atomic E-state index is 11.6. The number of carbonyl (C=O) groups is 1. The van der Waals surface area contributed by atoms with E-state index in [9.17, 15) is 20.1 Å². The third kappa shape index (κ3) is 4.01. The Bertz CT molecular complexity index is 603. The van der Waals surface area contributed by atoms with Crippen molar-refractivity contribution in [1.29, 1.82) is 5.53 Å². The number of aliphatic imine (C=N–C) groups is 1. The summed E-state index contributed by atoms with van der Waals surface area (Å²) in [5, 5.41) is 34.0. The molecule has 2 aliphatic heterocycles. The fraction of sp³-hybridized carbons (Fsp3) is 0.857. The van der Waals surface area contributed by atoms with E-state index in [2.05, 4.69) is 15.0 Å². The number of aliphatic hydroxyl groups excluding tert-OH is 2. The summed E-state index contributed by atoms with van der Waals surface area (Å²) in [5.41, 5.74) is 5.52. The number of fused-ring (bicyclic) bond motifs is 1. The average Bonchev–Trinajstić information content (AvgIpc) is 2.92. The van der Waals surface area contributed by atoms with Crippen molar-refractivity contribution in [3.63, 3.8) is 0 Å². The van der Waals surface area contributed by atoms with Crippen molar-refractivity contribution >= 4 is 22.9 Å². The topological polar surface area (TPSA) is 153 Å². The van der Waals surface area contributed by atoms with Crippen LogP contribution in [0, 0.1) is 5.53 Å². The number of ether oxygens (including phenoxy) is 1. The summed E-state index contributed by atoms with van der Waals surface area (Å²) in [5.74, 6) is 0. The van der Waals surface area contributed by atoms with E-state index in [1.54, 1.807) is 27.7 Å². The Morgan fingerprint density at radius 1 is 1.48 bits per heavy atom. The van der Waals surface area contributed by atoms with Crippen LogP contribution in [0.1, 0.15) is 27.7 Å². The van der Waals surface area contributed by atoms with Gasteiger partial charge in [0.25, 0.3) is 0 Å². The van der Waals surface area contributed by atoms with Gasteiger partial charge < -0.3 is 20.1 Å². The van der Waals surface area contributed by atoms with Crippen LogP contribution in [-0.2, 0) is 4.74 Å². The number of hydrogen-bond donors (Lipinski definition) is 4. The fourth-order valence-corrected chi connectivity index (χ4v) is 4.35. The van der Waals surface area contributed by atoms with Crippen molar-refractivity contribution in [1.82, 2.24) is 9.81 Å². The zero-order chi connectivity index (χ0) is 18.9. The maximum absolute atomic E-state index is 11.6. The largest absolute Gasteiger partial charge is 0.465 e. The molecular formula is C14H24N5O5S+. The molecule has 4 N–H and O–H groups in total. The summed E-state index contributed by atoms with van der Waals surface area (Å²) in [6, 6.07) is -1.20. The molecule has 0 aromatic rings. The molecule has 10 nitrogen and oxygen atoms in total. The number of thioether (sulfide) groups is 1.